The molecule has 0 unspecified atom stereocenters. The van der Waals surface area contributed by atoms with Gasteiger partial charge in [0, 0.05) is 4.48 Å². The molecule has 2 nitrogen and oxygen atoms in total. The topological polar surface area (TPSA) is 26.3 Å². The fourth-order valence-electron chi connectivity index (χ4n) is 0.655. The van der Waals surface area contributed by atoms with Crippen LogP contribution in [-0.2, 0) is 9.53 Å². The monoisotopic (exact) mass is 308 g/mol. The Hall–Kier alpha value is -0.350. The molecule has 0 aliphatic rings. The van der Waals surface area contributed by atoms with E-state index < -0.39 is 0 Å². The van der Waals surface area contributed by atoms with E-state index in [9.17, 15) is 4.79 Å². The highest BCUT2D eigenvalue weighted by Crippen LogP contribution is 2.16. The maximum Gasteiger partial charge on any atom is 0.177 e. The first kappa shape index (κ1) is 12.7. The standard InChI is InChI=1S/C9H10Br2O2/c1-6(11)4-8(7(2)13-3)9(12)5-10/h4H,1-2,5H2,3H3/b8-4+. The highest BCUT2D eigenvalue weighted by Gasteiger charge is 2.11. The molecule has 13 heavy (non-hydrogen) atoms. The molecule has 0 aliphatic carbocycles. The third kappa shape index (κ3) is 4.43. The molecule has 0 heterocycles. The van der Waals surface area contributed by atoms with Crippen molar-refractivity contribution in [2.24, 2.45) is 0 Å². The number of halogens is 2. The van der Waals surface area contributed by atoms with E-state index in [1.165, 1.54) is 7.11 Å². The fraction of sp³-hybridized carbons (Fsp3) is 0.222. The average Bonchev–Trinajstić information content (AvgIpc) is 2.11. The third-order valence-electron chi connectivity index (χ3n) is 1.27. The molecule has 0 bridgehead atoms. The van der Waals surface area contributed by atoms with Crippen LogP contribution in [0.15, 0.2) is 35.0 Å². The molecule has 0 spiro atoms. The quantitative estimate of drug-likeness (QED) is 0.338. The zero-order valence-electron chi connectivity index (χ0n) is 7.27. The Kier molecular flexibility index (Phi) is 5.99. The lowest BCUT2D eigenvalue weighted by atomic mass is 10.1. The van der Waals surface area contributed by atoms with Crippen molar-refractivity contribution >= 4 is 37.6 Å². The summed E-state index contributed by atoms with van der Waals surface area (Å²) in [5, 5.41) is 0.238. The molecule has 0 N–H and O–H groups in total. The number of allylic oxidation sites excluding steroid dienone is 3. The van der Waals surface area contributed by atoms with E-state index in [2.05, 4.69) is 45.0 Å². The second kappa shape index (κ2) is 6.16. The molecule has 0 radical (unpaired) electrons. The van der Waals surface area contributed by atoms with Crippen LogP contribution in [-0.4, -0.2) is 18.2 Å². The zero-order valence-corrected chi connectivity index (χ0v) is 10.4. The van der Waals surface area contributed by atoms with Crippen LogP contribution in [0.5, 0.6) is 0 Å². The van der Waals surface area contributed by atoms with Crippen LogP contribution in [0.4, 0.5) is 0 Å². The van der Waals surface area contributed by atoms with E-state index in [0.717, 1.165) is 0 Å². The van der Waals surface area contributed by atoms with Crippen LogP contribution in [0.1, 0.15) is 0 Å². The molecule has 0 aromatic carbocycles. The summed E-state index contributed by atoms with van der Waals surface area (Å²) < 4.78 is 5.48. The molecule has 0 aromatic rings. The fourth-order valence-corrected chi connectivity index (χ4v) is 1.19. The maximum absolute atomic E-state index is 11.3. The Bertz CT molecular complexity index is 249. The van der Waals surface area contributed by atoms with Gasteiger partial charge in [0.25, 0.3) is 0 Å². The highest BCUT2D eigenvalue weighted by atomic mass is 79.9. The van der Waals surface area contributed by atoms with Crippen molar-refractivity contribution in [3.63, 3.8) is 0 Å². The lowest BCUT2D eigenvalue weighted by molar-refractivity contribution is -0.113. The van der Waals surface area contributed by atoms with Crippen molar-refractivity contribution in [2.45, 2.75) is 0 Å². The first-order valence-corrected chi connectivity index (χ1v) is 5.33. The molecule has 0 aromatic heterocycles. The van der Waals surface area contributed by atoms with E-state index in [1.54, 1.807) is 6.08 Å². The number of rotatable bonds is 5. The van der Waals surface area contributed by atoms with Crippen molar-refractivity contribution < 1.29 is 9.53 Å². The molecule has 0 fully saturated rings. The minimum absolute atomic E-state index is 0.0903. The lowest BCUT2D eigenvalue weighted by Crippen LogP contribution is -2.07. The van der Waals surface area contributed by atoms with Gasteiger partial charge in [-0.1, -0.05) is 45.0 Å². The predicted molar refractivity (Wildman–Crippen MR) is 61.1 cm³/mol. The molecule has 0 saturated heterocycles. The number of ether oxygens (including phenoxy) is 1. The van der Waals surface area contributed by atoms with Gasteiger partial charge in [-0.2, -0.15) is 0 Å². The number of hydrogen-bond acceptors (Lipinski definition) is 2. The average molecular weight is 310 g/mol. The summed E-state index contributed by atoms with van der Waals surface area (Å²) in [6.07, 6.45) is 1.58. The molecule has 0 rings (SSSR count). The van der Waals surface area contributed by atoms with Crippen molar-refractivity contribution in [3.05, 3.63) is 35.0 Å². The van der Waals surface area contributed by atoms with E-state index in [-0.39, 0.29) is 11.1 Å². The summed E-state index contributed by atoms with van der Waals surface area (Å²) in [4.78, 5) is 11.3. The number of hydrogen-bond donors (Lipinski definition) is 0. The molecule has 72 valence electrons. The largest absolute Gasteiger partial charge is 0.497 e. The van der Waals surface area contributed by atoms with Crippen LogP contribution in [0, 0.1) is 0 Å². The molecular formula is C9H10Br2O2. The van der Waals surface area contributed by atoms with Crippen LogP contribution < -0.4 is 0 Å². The Morgan fingerprint density at radius 3 is 2.38 bits per heavy atom. The zero-order chi connectivity index (χ0) is 10.4. The van der Waals surface area contributed by atoms with Crippen LogP contribution in [0.25, 0.3) is 0 Å². The second-order valence-corrected chi connectivity index (χ2v) is 3.77. The normalized spacial score (nSPS) is 10.8. The number of alkyl halides is 1. The van der Waals surface area contributed by atoms with E-state index in [4.69, 9.17) is 4.74 Å². The van der Waals surface area contributed by atoms with Gasteiger partial charge in [-0.05, 0) is 6.08 Å². The summed E-state index contributed by atoms with van der Waals surface area (Å²) in [6, 6.07) is 0. The molecule has 0 saturated carbocycles. The Morgan fingerprint density at radius 2 is 2.08 bits per heavy atom. The number of carbonyl (C=O) groups excluding carboxylic acids is 1. The summed E-state index contributed by atoms with van der Waals surface area (Å²) in [7, 11) is 1.47. The molecule has 4 heteroatoms. The SMILES string of the molecule is C=C(Br)/C=C(\C(=C)OC)C(=O)CBr. The first-order chi connectivity index (χ1) is 6.02. The molecule has 0 aliphatic heterocycles. The lowest BCUT2D eigenvalue weighted by Gasteiger charge is -2.06. The number of ketones is 1. The summed E-state index contributed by atoms with van der Waals surface area (Å²) >= 11 is 6.21. The van der Waals surface area contributed by atoms with Crippen molar-refractivity contribution in [3.8, 4) is 0 Å². The molecule has 0 amide bonds. The van der Waals surface area contributed by atoms with Gasteiger partial charge in [-0.15, -0.1) is 0 Å². The number of Topliss-reactive ketones (excluding diaryl/α,β-unsaturated/α-hetero) is 1. The molecular weight excluding hydrogens is 300 g/mol. The Labute approximate surface area is 94.6 Å². The smallest absolute Gasteiger partial charge is 0.177 e. The predicted octanol–water partition coefficient (Wildman–Crippen LogP) is 2.95. The van der Waals surface area contributed by atoms with Crippen LogP contribution >= 0.6 is 31.9 Å². The van der Waals surface area contributed by atoms with Crippen LogP contribution in [0.2, 0.25) is 0 Å². The van der Waals surface area contributed by atoms with E-state index >= 15 is 0 Å². The first-order valence-electron chi connectivity index (χ1n) is 3.41. The number of carbonyl (C=O) groups is 1. The van der Waals surface area contributed by atoms with E-state index in [0.29, 0.717) is 15.8 Å². The van der Waals surface area contributed by atoms with Gasteiger partial charge in [0.2, 0.25) is 0 Å². The van der Waals surface area contributed by atoms with Crippen molar-refractivity contribution in [2.75, 3.05) is 12.4 Å². The number of methoxy groups -OCH3 is 1. The van der Waals surface area contributed by atoms with Gasteiger partial charge in [0.1, 0.15) is 5.76 Å². The van der Waals surface area contributed by atoms with Gasteiger partial charge >= 0.3 is 0 Å². The van der Waals surface area contributed by atoms with Crippen LogP contribution in [0.3, 0.4) is 0 Å². The summed E-state index contributed by atoms with van der Waals surface area (Å²) in [6.45, 7) is 7.21. The minimum Gasteiger partial charge on any atom is -0.497 e. The van der Waals surface area contributed by atoms with Gasteiger partial charge in [0.15, 0.2) is 5.78 Å². The minimum atomic E-state index is -0.0903. The van der Waals surface area contributed by atoms with Gasteiger partial charge < -0.3 is 4.74 Å². The second-order valence-electron chi connectivity index (χ2n) is 2.19. The molecule has 0 atom stereocenters. The Balaban J connectivity index is 4.86. The third-order valence-corrected chi connectivity index (χ3v) is 2.01. The maximum atomic E-state index is 11.3. The highest BCUT2D eigenvalue weighted by molar-refractivity contribution is 9.11. The van der Waals surface area contributed by atoms with Crippen molar-refractivity contribution in [1.29, 1.82) is 0 Å². The summed E-state index contributed by atoms with van der Waals surface area (Å²) in [5.74, 6) is 0.248. The van der Waals surface area contributed by atoms with Gasteiger partial charge in [-0.3, -0.25) is 4.79 Å². The Morgan fingerprint density at radius 1 is 1.54 bits per heavy atom. The van der Waals surface area contributed by atoms with Gasteiger partial charge in [-0.25, -0.2) is 0 Å². The van der Waals surface area contributed by atoms with Crippen molar-refractivity contribution in [1.82, 2.24) is 0 Å². The van der Waals surface area contributed by atoms with Gasteiger partial charge in [0.05, 0.1) is 18.0 Å². The van der Waals surface area contributed by atoms with E-state index in [1.807, 2.05) is 0 Å². The summed E-state index contributed by atoms with van der Waals surface area (Å²) in [5.41, 5.74) is 0.418.